The predicted molar refractivity (Wildman–Crippen MR) is 83.6 cm³/mol. The second-order valence-corrected chi connectivity index (χ2v) is 7.25. The topological polar surface area (TPSA) is 63.4 Å². The molecule has 2 atom stereocenters. The van der Waals surface area contributed by atoms with Crippen LogP contribution in [0.15, 0.2) is 29.2 Å². The summed E-state index contributed by atoms with van der Waals surface area (Å²) in [6.07, 6.45) is 2.81. The summed E-state index contributed by atoms with van der Waals surface area (Å²) in [5.41, 5.74) is 6.91. The zero-order valence-electron chi connectivity index (χ0n) is 12.0. The van der Waals surface area contributed by atoms with Gasteiger partial charge in [-0.1, -0.05) is 18.6 Å². The molecule has 0 aromatic heterocycles. The molecule has 0 spiro atoms. The molecule has 1 heterocycles. The first-order valence-electron chi connectivity index (χ1n) is 6.77. The van der Waals surface area contributed by atoms with E-state index in [9.17, 15) is 8.42 Å². The van der Waals surface area contributed by atoms with E-state index in [0.29, 0.717) is 11.4 Å². The van der Waals surface area contributed by atoms with Gasteiger partial charge in [0.25, 0.3) is 0 Å². The Morgan fingerprint density at radius 3 is 2.65 bits per heavy atom. The van der Waals surface area contributed by atoms with Crippen molar-refractivity contribution in [2.45, 2.75) is 50.1 Å². The Morgan fingerprint density at radius 1 is 1.35 bits per heavy atom. The summed E-state index contributed by atoms with van der Waals surface area (Å²) in [4.78, 5) is 0.375. The molecule has 6 heteroatoms. The molecular weight excluding hydrogens is 296 g/mol. The molecule has 0 aliphatic carbocycles. The molecular formula is C14H23ClN2O2S. The Labute approximate surface area is 127 Å². The molecule has 1 aliphatic rings. The third kappa shape index (κ3) is 3.52. The first-order valence-corrected chi connectivity index (χ1v) is 8.21. The molecule has 2 rings (SSSR count). The summed E-state index contributed by atoms with van der Waals surface area (Å²) in [5, 5.41) is 0. The normalized spacial score (nSPS) is 22.1. The average Bonchev–Trinajstić information content (AvgIpc) is 2.38. The summed E-state index contributed by atoms with van der Waals surface area (Å²) in [6, 6.07) is 6.85. The van der Waals surface area contributed by atoms with Gasteiger partial charge in [0, 0.05) is 18.6 Å². The van der Waals surface area contributed by atoms with E-state index >= 15 is 0 Å². The fourth-order valence-corrected chi connectivity index (χ4v) is 4.55. The highest BCUT2D eigenvalue weighted by Gasteiger charge is 2.35. The van der Waals surface area contributed by atoms with Crippen LogP contribution in [-0.2, 0) is 10.0 Å². The number of hydrogen-bond acceptors (Lipinski definition) is 3. The number of nitrogens with zero attached hydrogens (tertiary/aromatic N) is 1. The van der Waals surface area contributed by atoms with Crippen LogP contribution in [-0.4, -0.2) is 31.4 Å². The van der Waals surface area contributed by atoms with Gasteiger partial charge in [-0.3, -0.25) is 0 Å². The van der Waals surface area contributed by atoms with Crippen LogP contribution in [0.4, 0.5) is 0 Å². The van der Waals surface area contributed by atoms with E-state index < -0.39 is 10.0 Å². The van der Waals surface area contributed by atoms with Crippen LogP contribution in [0.5, 0.6) is 0 Å². The lowest BCUT2D eigenvalue weighted by atomic mass is 10.00. The largest absolute Gasteiger partial charge is 0.326 e. The smallest absolute Gasteiger partial charge is 0.243 e. The number of aryl methyl sites for hydroxylation is 1. The van der Waals surface area contributed by atoms with E-state index in [4.69, 9.17) is 5.73 Å². The number of piperidine rings is 1. The van der Waals surface area contributed by atoms with Crippen molar-refractivity contribution < 1.29 is 8.42 Å². The van der Waals surface area contributed by atoms with Gasteiger partial charge >= 0.3 is 0 Å². The fourth-order valence-electron chi connectivity index (χ4n) is 2.67. The molecule has 1 aliphatic heterocycles. The number of halogens is 1. The minimum absolute atomic E-state index is 0. The maximum absolute atomic E-state index is 12.7. The van der Waals surface area contributed by atoms with Crippen molar-refractivity contribution in [1.29, 1.82) is 0 Å². The van der Waals surface area contributed by atoms with Crippen LogP contribution in [0.3, 0.4) is 0 Å². The zero-order chi connectivity index (χ0) is 14.0. The fraction of sp³-hybridized carbons (Fsp3) is 0.571. The molecule has 1 fully saturated rings. The van der Waals surface area contributed by atoms with Crippen LogP contribution in [0.2, 0.25) is 0 Å². The quantitative estimate of drug-likeness (QED) is 0.930. The van der Waals surface area contributed by atoms with Gasteiger partial charge in [0.15, 0.2) is 0 Å². The first-order chi connectivity index (χ1) is 8.93. The Morgan fingerprint density at radius 2 is 2.05 bits per heavy atom. The second-order valence-electron chi connectivity index (χ2n) is 5.35. The number of nitrogens with two attached hydrogens (primary N) is 1. The van der Waals surface area contributed by atoms with Gasteiger partial charge in [-0.2, -0.15) is 4.31 Å². The molecule has 1 aromatic carbocycles. The highest BCUT2D eigenvalue weighted by atomic mass is 35.5. The summed E-state index contributed by atoms with van der Waals surface area (Å²) in [7, 11) is -3.43. The first kappa shape index (κ1) is 17.4. The van der Waals surface area contributed by atoms with Gasteiger partial charge in [0.1, 0.15) is 0 Å². The molecule has 2 unspecified atom stereocenters. The maximum atomic E-state index is 12.7. The lowest BCUT2D eigenvalue weighted by molar-refractivity contribution is 0.227. The zero-order valence-corrected chi connectivity index (χ0v) is 13.6. The van der Waals surface area contributed by atoms with Crippen molar-refractivity contribution in [2.75, 3.05) is 6.54 Å². The molecule has 4 nitrogen and oxygen atoms in total. The average molecular weight is 319 g/mol. The molecule has 0 bridgehead atoms. The standard InChI is InChI=1S/C14H22N2O2S.ClH/c1-11-6-5-7-13(10-11)19(17,18)16-9-4-3-8-14(16)12(2)15;/h5-7,10,12,14H,3-4,8-9,15H2,1-2H3;1H. The summed E-state index contributed by atoms with van der Waals surface area (Å²) in [6.45, 7) is 4.36. The molecule has 0 saturated carbocycles. The third-order valence-electron chi connectivity index (χ3n) is 3.70. The van der Waals surface area contributed by atoms with Gasteiger partial charge in [0.05, 0.1) is 4.90 Å². The highest BCUT2D eigenvalue weighted by Crippen LogP contribution is 2.26. The number of benzene rings is 1. The summed E-state index contributed by atoms with van der Waals surface area (Å²) in [5.74, 6) is 0. The van der Waals surface area contributed by atoms with Crippen molar-refractivity contribution in [3.8, 4) is 0 Å². The van der Waals surface area contributed by atoms with Crippen molar-refractivity contribution in [2.24, 2.45) is 5.73 Å². The van der Waals surface area contributed by atoms with Crippen LogP contribution in [0.25, 0.3) is 0 Å². The van der Waals surface area contributed by atoms with Gasteiger partial charge in [0.2, 0.25) is 10.0 Å². The van der Waals surface area contributed by atoms with E-state index in [1.165, 1.54) is 0 Å². The molecule has 2 N–H and O–H groups in total. The van der Waals surface area contributed by atoms with Crippen molar-refractivity contribution in [1.82, 2.24) is 4.31 Å². The summed E-state index contributed by atoms with van der Waals surface area (Å²) < 4.78 is 27.0. The van der Waals surface area contributed by atoms with E-state index in [1.54, 1.807) is 22.5 Å². The predicted octanol–water partition coefficient (Wildman–Crippen LogP) is 2.31. The molecule has 0 radical (unpaired) electrons. The molecule has 114 valence electrons. The second kappa shape index (κ2) is 6.89. The monoisotopic (exact) mass is 318 g/mol. The van der Waals surface area contributed by atoms with Crippen LogP contribution < -0.4 is 5.73 Å². The van der Waals surface area contributed by atoms with Crippen LogP contribution in [0.1, 0.15) is 31.7 Å². The summed E-state index contributed by atoms with van der Waals surface area (Å²) >= 11 is 0. The lowest BCUT2D eigenvalue weighted by Crippen LogP contribution is -2.51. The molecule has 1 saturated heterocycles. The molecule has 20 heavy (non-hydrogen) atoms. The van der Waals surface area contributed by atoms with Gasteiger partial charge in [-0.15, -0.1) is 12.4 Å². The Hall–Kier alpha value is -0.620. The highest BCUT2D eigenvalue weighted by molar-refractivity contribution is 7.89. The minimum atomic E-state index is -3.43. The van der Waals surface area contributed by atoms with E-state index in [2.05, 4.69) is 0 Å². The lowest BCUT2D eigenvalue weighted by Gasteiger charge is -2.36. The number of hydrogen-bond donors (Lipinski definition) is 1. The van der Waals surface area contributed by atoms with Gasteiger partial charge in [-0.25, -0.2) is 8.42 Å². The van der Waals surface area contributed by atoms with Crippen molar-refractivity contribution in [3.63, 3.8) is 0 Å². The van der Waals surface area contributed by atoms with E-state index in [0.717, 1.165) is 24.8 Å². The maximum Gasteiger partial charge on any atom is 0.243 e. The third-order valence-corrected chi connectivity index (χ3v) is 5.62. The SMILES string of the molecule is Cc1cccc(S(=O)(=O)N2CCCCC2C(C)N)c1.Cl. The van der Waals surface area contributed by atoms with Gasteiger partial charge < -0.3 is 5.73 Å². The van der Waals surface area contributed by atoms with Crippen molar-refractivity contribution >= 4 is 22.4 Å². The Bertz CT molecular complexity index is 546. The van der Waals surface area contributed by atoms with E-state index in [1.807, 2.05) is 19.9 Å². The Kier molecular flexibility index (Phi) is 6.01. The van der Waals surface area contributed by atoms with Gasteiger partial charge in [-0.05, 0) is 44.4 Å². The number of sulfonamides is 1. The molecule has 0 amide bonds. The Balaban J connectivity index is 0.00000200. The molecule has 1 aromatic rings. The van der Waals surface area contributed by atoms with Crippen LogP contribution in [0, 0.1) is 6.92 Å². The van der Waals surface area contributed by atoms with Crippen LogP contribution >= 0.6 is 12.4 Å². The minimum Gasteiger partial charge on any atom is -0.326 e. The van der Waals surface area contributed by atoms with Crippen molar-refractivity contribution in [3.05, 3.63) is 29.8 Å². The number of rotatable bonds is 3. The van der Waals surface area contributed by atoms with E-state index in [-0.39, 0.29) is 24.5 Å².